The Kier molecular flexibility index (Phi) is 4.50. The van der Waals surface area contributed by atoms with Crippen molar-refractivity contribution in [1.29, 1.82) is 0 Å². The van der Waals surface area contributed by atoms with E-state index in [0.29, 0.717) is 27.1 Å². The van der Waals surface area contributed by atoms with Gasteiger partial charge < -0.3 is 4.42 Å². The van der Waals surface area contributed by atoms with Crippen molar-refractivity contribution in [3.8, 4) is 10.8 Å². The van der Waals surface area contributed by atoms with Gasteiger partial charge in [-0.3, -0.25) is 9.59 Å². The lowest BCUT2D eigenvalue weighted by Gasteiger charge is -2.11. The number of carbonyl (C=O) groups excluding carboxylic acids is 2. The number of aromatic nitrogens is 1. The minimum atomic E-state index is -0.389. The number of rotatable bonds is 3. The Morgan fingerprint density at radius 2 is 1.79 bits per heavy atom. The summed E-state index contributed by atoms with van der Waals surface area (Å²) in [5, 5.41) is 0.941. The summed E-state index contributed by atoms with van der Waals surface area (Å²) in [5.74, 6) is 0.718. The highest BCUT2D eigenvalue weighted by Crippen LogP contribution is 2.37. The Morgan fingerprint density at radius 3 is 2.59 bits per heavy atom. The van der Waals surface area contributed by atoms with Crippen molar-refractivity contribution < 1.29 is 14.0 Å². The van der Waals surface area contributed by atoms with Crippen LogP contribution >= 0.6 is 34.7 Å². The second kappa shape index (κ2) is 7.18. The number of carbonyl (C=O) groups is 2. The standard InChI is InChI=1S/C21H11ClN2O3S2/c22-12-5-7-13(8-6-12)24-20(25)18(29-21(24)26)11-14-9-10-16(27-14)19-23-15-3-1-2-4-17(15)28-19/h1-11H/b18-11-. The normalized spacial score (nSPS) is 15.8. The minimum absolute atomic E-state index is 0.301. The molecule has 8 heteroatoms. The molecule has 142 valence electrons. The average molecular weight is 439 g/mol. The van der Waals surface area contributed by atoms with E-state index in [1.807, 2.05) is 30.3 Å². The van der Waals surface area contributed by atoms with Gasteiger partial charge in [-0.1, -0.05) is 23.7 Å². The van der Waals surface area contributed by atoms with Gasteiger partial charge in [0.05, 0.1) is 20.8 Å². The first-order valence-electron chi connectivity index (χ1n) is 8.58. The monoisotopic (exact) mass is 438 g/mol. The van der Waals surface area contributed by atoms with E-state index in [0.717, 1.165) is 31.9 Å². The summed E-state index contributed by atoms with van der Waals surface area (Å²) in [5.41, 5.74) is 1.39. The fraction of sp³-hybridized carbons (Fsp3) is 0. The highest BCUT2D eigenvalue weighted by Gasteiger charge is 2.36. The van der Waals surface area contributed by atoms with Gasteiger partial charge in [-0.05, 0) is 60.3 Å². The molecule has 2 amide bonds. The zero-order valence-corrected chi connectivity index (χ0v) is 17.1. The topological polar surface area (TPSA) is 63.4 Å². The Labute approximate surface area is 178 Å². The van der Waals surface area contributed by atoms with Gasteiger partial charge >= 0.3 is 0 Å². The van der Waals surface area contributed by atoms with Crippen molar-refractivity contribution in [3.05, 3.63) is 76.4 Å². The van der Waals surface area contributed by atoms with Crippen LogP contribution in [-0.4, -0.2) is 16.1 Å². The van der Waals surface area contributed by atoms with Gasteiger partial charge in [-0.15, -0.1) is 11.3 Å². The number of thioether (sulfide) groups is 1. The van der Waals surface area contributed by atoms with Gasteiger partial charge in [0.25, 0.3) is 11.1 Å². The summed E-state index contributed by atoms with van der Waals surface area (Å²) in [6.07, 6.45) is 1.58. The van der Waals surface area contributed by atoms with E-state index in [9.17, 15) is 9.59 Å². The van der Waals surface area contributed by atoms with Crippen molar-refractivity contribution in [2.45, 2.75) is 0 Å². The zero-order valence-electron chi connectivity index (χ0n) is 14.7. The highest BCUT2D eigenvalue weighted by atomic mass is 35.5. The van der Waals surface area contributed by atoms with Crippen molar-refractivity contribution >= 4 is 67.8 Å². The molecular formula is C21H11ClN2O3S2. The Hall–Kier alpha value is -2.87. The number of nitrogens with zero attached hydrogens (tertiary/aromatic N) is 2. The maximum atomic E-state index is 12.7. The molecule has 0 radical (unpaired) electrons. The number of thiazole rings is 1. The molecule has 1 fully saturated rings. The molecule has 29 heavy (non-hydrogen) atoms. The SMILES string of the molecule is O=C1S/C(=C\c2ccc(-c3nc4ccccc4s3)o2)C(=O)N1c1ccc(Cl)cc1. The van der Waals surface area contributed by atoms with Crippen LogP contribution in [0.25, 0.3) is 27.1 Å². The van der Waals surface area contributed by atoms with E-state index in [4.69, 9.17) is 16.0 Å². The second-order valence-electron chi connectivity index (χ2n) is 6.18. The molecule has 0 saturated carbocycles. The molecule has 4 aromatic rings. The molecule has 0 N–H and O–H groups in total. The minimum Gasteiger partial charge on any atom is -0.454 e. The summed E-state index contributed by atoms with van der Waals surface area (Å²) in [6, 6.07) is 18.0. The fourth-order valence-electron chi connectivity index (χ4n) is 2.93. The van der Waals surface area contributed by atoms with Crippen LogP contribution in [0, 0.1) is 0 Å². The van der Waals surface area contributed by atoms with Crippen molar-refractivity contribution in [3.63, 3.8) is 0 Å². The number of anilines is 1. The molecule has 2 aromatic carbocycles. The first kappa shape index (κ1) is 18.2. The Bertz CT molecular complexity index is 1260. The van der Waals surface area contributed by atoms with Crippen LogP contribution in [0.1, 0.15) is 5.76 Å². The molecular weight excluding hydrogens is 428 g/mol. The lowest BCUT2D eigenvalue weighted by Crippen LogP contribution is -2.27. The lowest BCUT2D eigenvalue weighted by atomic mass is 10.3. The van der Waals surface area contributed by atoms with Crippen LogP contribution in [0.5, 0.6) is 0 Å². The number of hydrogen-bond donors (Lipinski definition) is 0. The molecule has 1 saturated heterocycles. The number of furan rings is 1. The van der Waals surface area contributed by atoms with E-state index in [1.165, 1.54) is 11.3 Å². The van der Waals surface area contributed by atoms with Crippen LogP contribution in [0.2, 0.25) is 5.02 Å². The van der Waals surface area contributed by atoms with E-state index in [-0.39, 0.29) is 11.1 Å². The number of hydrogen-bond acceptors (Lipinski definition) is 6. The molecule has 0 atom stereocenters. The molecule has 5 rings (SSSR count). The number of fused-ring (bicyclic) bond motifs is 1. The van der Waals surface area contributed by atoms with E-state index < -0.39 is 0 Å². The van der Waals surface area contributed by atoms with Gasteiger partial charge in [0.15, 0.2) is 10.8 Å². The maximum absolute atomic E-state index is 12.7. The molecule has 2 aromatic heterocycles. The third kappa shape index (κ3) is 3.37. The maximum Gasteiger partial charge on any atom is 0.298 e. The number of benzene rings is 2. The number of imide groups is 1. The predicted molar refractivity (Wildman–Crippen MR) is 117 cm³/mol. The van der Waals surface area contributed by atoms with Crippen molar-refractivity contribution in [2.24, 2.45) is 0 Å². The van der Waals surface area contributed by atoms with E-state index in [2.05, 4.69) is 4.98 Å². The molecule has 3 heterocycles. The van der Waals surface area contributed by atoms with E-state index >= 15 is 0 Å². The molecule has 0 unspecified atom stereocenters. The van der Waals surface area contributed by atoms with Crippen molar-refractivity contribution in [1.82, 2.24) is 4.98 Å². The van der Waals surface area contributed by atoms with Crippen LogP contribution in [-0.2, 0) is 4.79 Å². The van der Waals surface area contributed by atoms with Crippen LogP contribution in [0.15, 0.2) is 70.0 Å². The van der Waals surface area contributed by atoms with Gasteiger partial charge in [-0.2, -0.15) is 0 Å². The van der Waals surface area contributed by atoms with Gasteiger partial charge in [0.2, 0.25) is 0 Å². The van der Waals surface area contributed by atoms with Gasteiger partial charge in [0.1, 0.15) is 5.76 Å². The first-order chi connectivity index (χ1) is 14.1. The van der Waals surface area contributed by atoms with E-state index in [1.54, 1.807) is 36.4 Å². The summed E-state index contributed by atoms with van der Waals surface area (Å²) in [4.78, 5) is 31.1. The predicted octanol–water partition coefficient (Wildman–Crippen LogP) is 6.45. The smallest absolute Gasteiger partial charge is 0.298 e. The lowest BCUT2D eigenvalue weighted by molar-refractivity contribution is -0.113. The molecule has 1 aliphatic heterocycles. The summed E-state index contributed by atoms with van der Waals surface area (Å²) in [7, 11) is 0. The second-order valence-corrected chi connectivity index (χ2v) is 8.64. The quantitative estimate of drug-likeness (QED) is 0.344. The largest absolute Gasteiger partial charge is 0.454 e. The third-order valence-electron chi connectivity index (χ3n) is 4.28. The van der Waals surface area contributed by atoms with Gasteiger partial charge in [0, 0.05) is 11.1 Å². The number of amides is 2. The third-order valence-corrected chi connectivity index (χ3v) is 6.46. The molecule has 0 bridgehead atoms. The Balaban J connectivity index is 1.43. The number of para-hydroxylation sites is 1. The summed E-state index contributed by atoms with van der Waals surface area (Å²) < 4.78 is 6.93. The van der Waals surface area contributed by atoms with Crippen LogP contribution in [0.3, 0.4) is 0 Å². The van der Waals surface area contributed by atoms with Gasteiger partial charge in [-0.25, -0.2) is 9.88 Å². The molecule has 5 nitrogen and oxygen atoms in total. The fourth-order valence-corrected chi connectivity index (χ4v) is 4.81. The average Bonchev–Trinajstić information content (AvgIpc) is 3.41. The van der Waals surface area contributed by atoms with Crippen molar-refractivity contribution in [2.75, 3.05) is 4.90 Å². The highest BCUT2D eigenvalue weighted by molar-refractivity contribution is 8.19. The molecule has 0 spiro atoms. The summed E-state index contributed by atoms with van der Waals surface area (Å²) >= 11 is 8.30. The molecule has 1 aliphatic rings. The Morgan fingerprint density at radius 1 is 1.00 bits per heavy atom. The van der Waals surface area contributed by atoms with Crippen LogP contribution in [0.4, 0.5) is 10.5 Å². The number of halogens is 1. The molecule has 0 aliphatic carbocycles. The van der Waals surface area contributed by atoms with Crippen LogP contribution < -0.4 is 4.90 Å². The zero-order chi connectivity index (χ0) is 20.0. The first-order valence-corrected chi connectivity index (χ1v) is 10.6. The summed E-state index contributed by atoms with van der Waals surface area (Å²) in [6.45, 7) is 0.